The molecule has 0 spiro atoms. The molecule has 1 unspecified atom stereocenters. The first-order valence-electron chi connectivity index (χ1n) is 4.77. The topological polar surface area (TPSA) is 67.8 Å². The van der Waals surface area contributed by atoms with Gasteiger partial charge in [-0.3, -0.25) is 0 Å². The van der Waals surface area contributed by atoms with Gasteiger partial charge in [0.2, 0.25) is 0 Å². The Balaban J connectivity index is 4.53. The summed E-state index contributed by atoms with van der Waals surface area (Å²) in [5.41, 5.74) is 5.46. The molecular weight excluding hydrogens is 196 g/mol. The molecule has 0 amide bonds. The van der Waals surface area contributed by atoms with Crippen LogP contribution >= 0.6 is 0 Å². The van der Waals surface area contributed by atoms with Gasteiger partial charge in [0.05, 0.1) is 0 Å². The summed E-state index contributed by atoms with van der Waals surface area (Å²) in [5, 5.41) is 11.6. The van der Waals surface area contributed by atoms with Crippen LogP contribution in [0.5, 0.6) is 0 Å². The number of rotatable bonds is 3. The molecule has 0 rings (SSSR count). The molecule has 0 aromatic carbocycles. The molecule has 3 N–H and O–H groups in total. The fraction of sp³-hybridized carbons (Fsp3) is 0.889. The lowest BCUT2D eigenvalue weighted by Gasteiger charge is -2.38. The van der Waals surface area contributed by atoms with Gasteiger partial charge in [-0.1, -0.05) is 25.9 Å². The van der Waals surface area contributed by atoms with Crippen LogP contribution in [-0.2, 0) is 4.43 Å². The second kappa shape index (κ2) is 4.31. The van der Waals surface area contributed by atoms with Gasteiger partial charge in [0, 0.05) is 0 Å². The molecule has 84 valence electrons. The molecule has 5 heteroatoms. The largest absolute Gasteiger partial charge is 0.409 e. The minimum atomic E-state index is -1.82. The molecule has 0 fully saturated rings. The first-order chi connectivity index (χ1) is 6.12. The lowest BCUT2D eigenvalue weighted by atomic mass is 10.2. The molecule has 0 bridgehead atoms. The zero-order chi connectivity index (χ0) is 11.6. The Bertz CT molecular complexity index is 221. The van der Waals surface area contributed by atoms with Gasteiger partial charge in [-0.2, -0.15) is 0 Å². The number of hydrogen-bond donors (Lipinski definition) is 2. The molecule has 0 aliphatic heterocycles. The molecule has 0 heterocycles. The lowest BCUT2D eigenvalue weighted by molar-refractivity contribution is 0.245. The second-order valence-electron chi connectivity index (χ2n) is 5.05. The van der Waals surface area contributed by atoms with Crippen molar-refractivity contribution in [2.75, 3.05) is 0 Å². The van der Waals surface area contributed by atoms with E-state index in [1.807, 2.05) is 0 Å². The lowest BCUT2D eigenvalue weighted by Crippen LogP contribution is -2.46. The number of nitrogens with zero attached hydrogens (tertiary/aromatic N) is 1. The van der Waals surface area contributed by atoms with Crippen LogP contribution in [0.25, 0.3) is 0 Å². The molecule has 0 saturated heterocycles. The highest BCUT2D eigenvalue weighted by Gasteiger charge is 2.38. The molecular formula is C9H22N2O2Si. The zero-order valence-electron chi connectivity index (χ0n) is 9.96. The summed E-state index contributed by atoms with van der Waals surface area (Å²) in [6.45, 7) is 12.5. The first kappa shape index (κ1) is 13.4. The van der Waals surface area contributed by atoms with Crippen molar-refractivity contribution in [3.8, 4) is 0 Å². The Morgan fingerprint density at radius 1 is 1.43 bits per heavy atom. The van der Waals surface area contributed by atoms with Gasteiger partial charge in [0.1, 0.15) is 6.10 Å². The smallest absolute Gasteiger partial charge is 0.193 e. The average Bonchev–Trinajstić information content (AvgIpc) is 2.00. The average molecular weight is 218 g/mol. The van der Waals surface area contributed by atoms with Crippen molar-refractivity contribution in [3.63, 3.8) is 0 Å². The van der Waals surface area contributed by atoms with Crippen LogP contribution in [0, 0.1) is 0 Å². The molecule has 1 atom stereocenters. The van der Waals surface area contributed by atoms with Gasteiger partial charge < -0.3 is 15.4 Å². The highest BCUT2D eigenvalue weighted by atomic mass is 28.4. The maximum absolute atomic E-state index is 8.50. The monoisotopic (exact) mass is 218 g/mol. The minimum Gasteiger partial charge on any atom is -0.409 e. The number of amidine groups is 1. The van der Waals surface area contributed by atoms with Crippen LogP contribution in [-0.4, -0.2) is 25.5 Å². The van der Waals surface area contributed by atoms with Crippen LogP contribution in [0.2, 0.25) is 18.1 Å². The van der Waals surface area contributed by atoms with Gasteiger partial charge in [-0.05, 0) is 25.1 Å². The molecule has 0 saturated carbocycles. The van der Waals surface area contributed by atoms with E-state index in [-0.39, 0.29) is 17.0 Å². The maximum Gasteiger partial charge on any atom is 0.193 e. The summed E-state index contributed by atoms with van der Waals surface area (Å²) in [4.78, 5) is 0. The Kier molecular flexibility index (Phi) is 4.14. The summed E-state index contributed by atoms with van der Waals surface area (Å²) in [6.07, 6.45) is -0.319. The van der Waals surface area contributed by atoms with Gasteiger partial charge in [-0.25, -0.2) is 0 Å². The van der Waals surface area contributed by atoms with E-state index >= 15 is 0 Å². The summed E-state index contributed by atoms with van der Waals surface area (Å²) < 4.78 is 5.88. The molecule has 14 heavy (non-hydrogen) atoms. The van der Waals surface area contributed by atoms with E-state index in [4.69, 9.17) is 15.4 Å². The van der Waals surface area contributed by atoms with E-state index in [9.17, 15) is 0 Å². The summed E-state index contributed by atoms with van der Waals surface area (Å²) in [5.74, 6) is 0.134. The van der Waals surface area contributed by atoms with Crippen molar-refractivity contribution in [1.82, 2.24) is 0 Å². The van der Waals surface area contributed by atoms with E-state index < -0.39 is 8.32 Å². The highest BCUT2D eigenvalue weighted by Crippen LogP contribution is 2.37. The maximum atomic E-state index is 8.50. The van der Waals surface area contributed by atoms with Crippen molar-refractivity contribution in [2.45, 2.75) is 51.9 Å². The van der Waals surface area contributed by atoms with Crippen molar-refractivity contribution in [1.29, 1.82) is 0 Å². The fourth-order valence-electron chi connectivity index (χ4n) is 0.760. The quantitative estimate of drug-likeness (QED) is 0.251. The third-order valence-electron chi connectivity index (χ3n) is 2.81. The van der Waals surface area contributed by atoms with Crippen molar-refractivity contribution in [3.05, 3.63) is 0 Å². The molecule has 0 aliphatic carbocycles. The van der Waals surface area contributed by atoms with Crippen LogP contribution in [0.3, 0.4) is 0 Å². The van der Waals surface area contributed by atoms with Gasteiger partial charge in [0.25, 0.3) is 0 Å². The van der Waals surface area contributed by atoms with Crippen LogP contribution in [0.1, 0.15) is 27.7 Å². The highest BCUT2D eigenvalue weighted by molar-refractivity contribution is 6.74. The normalized spacial score (nSPS) is 16.9. The van der Waals surface area contributed by atoms with Crippen molar-refractivity contribution >= 4 is 14.2 Å². The fourth-order valence-corrected chi connectivity index (χ4v) is 2.12. The summed E-state index contributed by atoms with van der Waals surface area (Å²) >= 11 is 0. The van der Waals surface area contributed by atoms with Gasteiger partial charge in [0.15, 0.2) is 14.2 Å². The van der Waals surface area contributed by atoms with Crippen LogP contribution in [0.4, 0.5) is 0 Å². The van der Waals surface area contributed by atoms with Crippen LogP contribution in [0.15, 0.2) is 5.16 Å². The Morgan fingerprint density at radius 3 is 2.14 bits per heavy atom. The second-order valence-corrected chi connectivity index (χ2v) is 9.80. The van der Waals surface area contributed by atoms with Gasteiger partial charge >= 0.3 is 0 Å². The standard InChI is InChI=1S/C9H22N2O2Si/c1-7(8(10)11-12)13-14(5,6)9(2,3)4/h7,12H,1-6H3,(H2,10,11). The van der Waals surface area contributed by atoms with Crippen molar-refractivity contribution in [2.24, 2.45) is 10.9 Å². The van der Waals surface area contributed by atoms with E-state index in [1.165, 1.54) is 0 Å². The first-order valence-corrected chi connectivity index (χ1v) is 7.68. The number of hydrogen-bond acceptors (Lipinski definition) is 3. The predicted octanol–water partition coefficient (Wildman–Crippen LogP) is 2.14. The molecule has 0 aromatic heterocycles. The molecule has 0 radical (unpaired) electrons. The van der Waals surface area contributed by atoms with Crippen LogP contribution < -0.4 is 5.73 Å². The molecule has 4 nitrogen and oxygen atoms in total. The number of nitrogens with two attached hydrogens (primary N) is 1. The molecule has 0 aromatic rings. The Labute approximate surface area is 87.3 Å². The van der Waals surface area contributed by atoms with Crippen molar-refractivity contribution < 1.29 is 9.63 Å². The molecule has 0 aliphatic rings. The van der Waals surface area contributed by atoms with E-state index in [0.717, 1.165) is 0 Å². The van der Waals surface area contributed by atoms with E-state index in [2.05, 4.69) is 39.0 Å². The Hall–Kier alpha value is -0.553. The third-order valence-corrected chi connectivity index (χ3v) is 7.36. The minimum absolute atomic E-state index is 0.134. The summed E-state index contributed by atoms with van der Waals surface area (Å²) in [6, 6.07) is 0. The SMILES string of the molecule is CC(O[Si](C)(C)C(C)(C)C)/C(N)=N/O. The summed E-state index contributed by atoms with van der Waals surface area (Å²) in [7, 11) is -1.82. The Morgan fingerprint density at radius 2 is 1.86 bits per heavy atom. The zero-order valence-corrected chi connectivity index (χ0v) is 11.0. The van der Waals surface area contributed by atoms with E-state index in [0.29, 0.717) is 0 Å². The number of oxime groups is 1. The predicted molar refractivity (Wildman–Crippen MR) is 61.2 cm³/mol. The third kappa shape index (κ3) is 3.30. The van der Waals surface area contributed by atoms with Gasteiger partial charge in [-0.15, -0.1) is 0 Å². The van der Waals surface area contributed by atoms with E-state index in [1.54, 1.807) is 6.92 Å².